The molecule has 0 amide bonds. The van der Waals surface area contributed by atoms with E-state index in [1.165, 1.54) is 22.8 Å². The minimum atomic E-state index is -4.42. The lowest BCUT2D eigenvalue weighted by Gasteiger charge is -2.17. The molecule has 0 fully saturated rings. The maximum absolute atomic E-state index is 14.4. The van der Waals surface area contributed by atoms with Gasteiger partial charge in [-0.1, -0.05) is 35.4 Å². The van der Waals surface area contributed by atoms with Crippen LogP contribution >= 0.6 is 0 Å². The maximum atomic E-state index is 14.4. The van der Waals surface area contributed by atoms with Crippen LogP contribution in [0.3, 0.4) is 0 Å². The Hall–Kier alpha value is -3.40. The van der Waals surface area contributed by atoms with Gasteiger partial charge in [-0.25, -0.2) is 4.57 Å². The molecule has 35 heavy (non-hydrogen) atoms. The van der Waals surface area contributed by atoms with E-state index in [0.29, 0.717) is 18.4 Å². The predicted octanol–water partition coefficient (Wildman–Crippen LogP) is 7.57. The lowest BCUT2D eigenvalue weighted by Crippen LogP contribution is -2.32. The van der Waals surface area contributed by atoms with Gasteiger partial charge in [-0.15, -0.1) is 0 Å². The van der Waals surface area contributed by atoms with E-state index in [1.54, 1.807) is 0 Å². The second-order valence-corrected chi connectivity index (χ2v) is 10.2. The third-order valence-electron chi connectivity index (χ3n) is 7.90. The van der Waals surface area contributed by atoms with Crippen LogP contribution in [0.1, 0.15) is 50.1 Å². The molecule has 0 radical (unpaired) electrons. The lowest BCUT2D eigenvalue weighted by molar-refractivity contribution is -0.660. The van der Waals surface area contributed by atoms with E-state index in [1.807, 2.05) is 44.4 Å². The second-order valence-electron chi connectivity index (χ2n) is 10.2. The molecule has 2 aliphatic rings. The quantitative estimate of drug-likeness (QED) is 0.218. The summed E-state index contributed by atoms with van der Waals surface area (Å²) in [5, 5.41) is 0. The van der Waals surface area contributed by atoms with Crippen molar-refractivity contribution in [1.82, 2.24) is 0 Å². The number of benzene rings is 3. The zero-order valence-corrected chi connectivity index (χ0v) is 20.6. The van der Waals surface area contributed by atoms with Gasteiger partial charge in [-0.3, -0.25) is 0 Å². The largest absolute Gasteiger partial charge is 0.417 e. The third-order valence-corrected chi connectivity index (χ3v) is 7.90. The summed E-state index contributed by atoms with van der Waals surface area (Å²) < 4.78 is 45.4. The molecule has 0 unspecified atom stereocenters. The molecule has 0 saturated carbocycles. The first kappa shape index (κ1) is 22.1. The van der Waals surface area contributed by atoms with E-state index in [2.05, 4.69) is 37.5 Å². The average molecular weight is 471 g/mol. The molecule has 6 rings (SSSR count). The normalized spacial score (nSPS) is 13.5. The fourth-order valence-corrected chi connectivity index (χ4v) is 6.16. The molecule has 0 saturated heterocycles. The van der Waals surface area contributed by atoms with Gasteiger partial charge in [-0.2, -0.15) is 13.2 Å². The molecular formula is C31H27F3N+. The van der Waals surface area contributed by atoms with E-state index >= 15 is 0 Å². The van der Waals surface area contributed by atoms with Crippen LogP contribution in [0.5, 0.6) is 0 Å². The number of alkyl halides is 3. The molecule has 0 bridgehead atoms. The summed E-state index contributed by atoms with van der Waals surface area (Å²) in [6, 6.07) is 13.7. The zero-order chi connectivity index (χ0) is 24.8. The van der Waals surface area contributed by atoms with E-state index in [0.717, 1.165) is 55.8 Å². The Labute approximate surface area is 203 Å². The highest BCUT2D eigenvalue weighted by Gasteiger charge is 2.41. The van der Waals surface area contributed by atoms with Crippen LogP contribution in [0.2, 0.25) is 0 Å². The first-order chi connectivity index (χ1) is 16.5. The Morgan fingerprint density at radius 2 is 1.46 bits per heavy atom. The van der Waals surface area contributed by atoms with E-state index in [9.17, 15) is 13.2 Å². The number of rotatable bonds is 1. The molecule has 3 aromatic carbocycles. The van der Waals surface area contributed by atoms with Crippen LogP contribution in [-0.2, 0) is 26.1 Å². The molecule has 0 atom stereocenters. The first-order valence-corrected chi connectivity index (χ1v) is 12.0. The van der Waals surface area contributed by atoms with Crippen molar-refractivity contribution in [1.29, 1.82) is 0 Å². The molecule has 0 N–H and O–H groups in total. The van der Waals surface area contributed by atoms with Crippen molar-refractivity contribution in [2.45, 2.75) is 46.7 Å². The van der Waals surface area contributed by atoms with Gasteiger partial charge in [-0.05, 0) is 96.3 Å². The van der Waals surface area contributed by atoms with Crippen LogP contribution in [0.25, 0.3) is 33.5 Å². The number of aryl methyl sites for hydroxylation is 4. The summed E-state index contributed by atoms with van der Waals surface area (Å²) in [6.45, 7) is 8.28. The van der Waals surface area contributed by atoms with E-state index in [4.69, 9.17) is 0 Å². The molecular weight excluding hydrogens is 443 g/mol. The summed E-state index contributed by atoms with van der Waals surface area (Å²) in [5.41, 5.74) is 13.1. The summed E-state index contributed by atoms with van der Waals surface area (Å²) in [7, 11) is 2.03. The number of nitrogens with zero attached hydrogens (tertiary/aromatic N) is 1. The van der Waals surface area contributed by atoms with Gasteiger partial charge in [0.15, 0.2) is 6.20 Å². The highest BCUT2D eigenvalue weighted by Crippen LogP contribution is 2.52. The summed E-state index contributed by atoms with van der Waals surface area (Å²) in [6.07, 6.45) is -1.23. The van der Waals surface area contributed by atoms with Gasteiger partial charge >= 0.3 is 6.18 Å². The van der Waals surface area contributed by atoms with Crippen molar-refractivity contribution in [3.63, 3.8) is 0 Å². The van der Waals surface area contributed by atoms with Crippen LogP contribution in [-0.4, -0.2) is 0 Å². The zero-order valence-electron chi connectivity index (χ0n) is 20.6. The fourth-order valence-electron chi connectivity index (χ4n) is 6.16. The Kier molecular flexibility index (Phi) is 4.61. The summed E-state index contributed by atoms with van der Waals surface area (Å²) in [4.78, 5) is 0. The number of aromatic nitrogens is 1. The van der Waals surface area contributed by atoms with Gasteiger partial charge < -0.3 is 0 Å². The number of pyridine rings is 1. The van der Waals surface area contributed by atoms with Crippen molar-refractivity contribution in [3.05, 3.63) is 98.7 Å². The number of hydrogen-bond acceptors (Lipinski definition) is 0. The van der Waals surface area contributed by atoms with Gasteiger partial charge in [0.2, 0.25) is 5.69 Å². The monoisotopic (exact) mass is 470 g/mol. The predicted molar refractivity (Wildman–Crippen MR) is 133 cm³/mol. The van der Waals surface area contributed by atoms with Crippen LogP contribution in [0.4, 0.5) is 13.2 Å². The second kappa shape index (κ2) is 7.30. The number of halogens is 3. The van der Waals surface area contributed by atoms with Gasteiger partial charge in [0.25, 0.3) is 0 Å². The SMILES string of the molecule is Cc1ccc2c(c1)-c1c(C(F)(F)F)cc3c(c1C2)Cc1c-3cc[n+](C)c1-c1cc(C)cc(C)c1C. The number of fused-ring (bicyclic) bond motifs is 7. The van der Waals surface area contributed by atoms with Crippen molar-refractivity contribution < 1.29 is 17.7 Å². The van der Waals surface area contributed by atoms with Crippen molar-refractivity contribution in [2.24, 2.45) is 7.05 Å². The molecule has 2 aliphatic carbocycles. The molecule has 1 aromatic heterocycles. The van der Waals surface area contributed by atoms with Gasteiger partial charge in [0.05, 0.1) is 5.56 Å². The third kappa shape index (κ3) is 3.19. The van der Waals surface area contributed by atoms with Crippen LogP contribution in [0.15, 0.2) is 48.7 Å². The van der Waals surface area contributed by atoms with Gasteiger partial charge in [0.1, 0.15) is 7.05 Å². The summed E-state index contributed by atoms with van der Waals surface area (Å²) in [5.74, 6) is 0. The molecule has 1 heterocycles. The van der Waals surface area contributed by atoms with Crippen molar-refractivity contribution in [3.8, 4) is 33.5 Å². The Morgan fingerprint density at radius 1 is 0.714 bits per heavy atom. The minimum absolute atomic E-state index is 0.385. The first-order valence-electron chi connectivity index (χ1n) is 12.0. The van der Waals surface area contributed by atoms with Gasteiger partial charge in [0, 0.05) is 23.6 Å². The fraction of sp³-hybridized carbons (Fsp3) is 0.258. The standard InChI is InChI=1S/C31H27F3N/c1-16-6-7-20-13-26-24-14-27-21(25(24)15-28(31(32,33)34)29(26)23(20)11-16)8-9-35(5)30(27)22-12-17(2)10-18(3)19(22)4/h6-12,15H,13-14H2,1-5H3/q+1. The van der Waals surface area contributed by atoms with Crippen molar-refractivity contribution >= 4 is 0 Å². The summed E-state index contributed by atoms with van der Waals surface area (Å²) >= 11 is 0. The Bertz CT molecular complexity index is 1570. The number of hydrogen-bond donors (Lipinski definition) is 0. The van der Waals surface area contributed by atoms with E-state index < -0.39 is 11.7 Å². The van der Waals surface area contributed by atoms with Crippen LogP contribution < -0.4 is 4.57 Å². The topological polar surface area (TPSA) is 3.88 Å². The highest BCUT2D eigenvalue weighted by atomic mass is 19.4. The molecule has 4 aromatic rings. The lowest BCUT2D eigenvalue weighted by atomic mass is 9.91. The molecule has 0 spiro atoms. The Morgan fingerprint density at radius 3 is 2.20 bits per heavy atom. The van der Waals surface area contributed by atoms with Crippen LogP contribution in [0, 0.1) is 27.7 Å². The molecule has 1 nitrogen and oxygen atoms in total. The molecule has 0 aliphatic heterocycles. The van der Waals surface area contributed by atoms with E-state index in [-0.39, 0.29) is 0 Å². The average Bonchev–Trinajstić information content (AvgIpc) is 3.33. The Balaban J connectivity index is 1.64. The smallest absolute Gasteiger partial charge is 0.201 e. The molecule has 176 valence electrons. The molecule has 4 heteroatoms. The highest BCUT2D eigenvalue weighted by molar-refractivity contribution is 5.91. The maximum Gasteiger partial charge on any atom is 0.417 e. The minimum Gasteiger partial charge on any atom is -0.201 e. The van der Waals surface area contributed by atoms with Crippen molar-refractivity contribution in [2.75, 3.05) is 0 Å².